The number of ether oxygens (including phenoxy) is 1. The first-order valence-corrected chi connectivity index (χ1v) is 8.02. The minimum atomic E-state index is 0.0171. The average Bonchev–Trinajstić information content (AvgIpc) is 2.81. The fraction of sp³-hybridized carbons (Fsp3) is 0.471. The zero-order chi connectivity index (χ0) is 15.6. The van der Waals surface area contributed by atoms with Crippen LogP contribution in [-0.4, -0.2) is 4.98 Å². The molecule has 2 rings (SSSR count). The molecule has 1 aromatic carbocycles. The van der Waals surface area contributed by atoms with Gasteiger partial charge < -0.3 is 10.5 Å². The largest absolute Gasteiger partial charge is 0.486 e. The quantitative estimate of drug-likeness (QED) is 0.925. The first-order chi connectivity index (χ1) is 9.81. The monoisotopic (exact) mass is 304 g/mol. The number of nitrogens with zero attached hydrogens (tertiary/aromatic N) is 1. The molecule has 0 spiro atoms. The Morgan fingerprint density at radius 1 is 1.24 bits per heavy atom. The van der Waals surface area contributed by atoms with Crippen molar-refractivity contribution in [2.75, 3.05) is 0 Å². The minimum absolute atomic E-state index is 0.0171. The summed E-state index contributed by atoms with van der Waals surface area (Å²) in [6.45, 7) is 11.7. The van der Waals surface area contributed by atoms with Crippen molar-refractivity contribution in [2.45, 2.75) is 53.2 Å². The predicted molar refractivity (Wildman–Crippen MR) is 89.0 cm³/mol. The Morgan fingerprint density at radius 3 is 2.48 bits per heavy atom. The van der Waals surface area contributed by atoms with E-state index in [9.17, 15) is 0 Å². The molecule has 1 aromatic heterocycles. The molecule has 0 aliphatic carbocycles. The third-order valence-corrected chi connectivity index (χ3v) is 4.37. The smallest absolute Gasteiger partial charge is 0.140 e. The Hall–Kier alpha value is -1.39. The van der Waals surface area contributed by atoms with Crippen molar-refractivity contribution in [3.8, 4) is 5.75 Å². The van der Waals surface area contributed by atoms with E-state index in [2.05, 4.69) is 46.8 Å². The fourth-order valence-electron chi connectivity index (χ4n) is 2.29. The minimum Gasteiger partial charge on any atom is -0.486 e. The summed E-state index contributed by atoms with van der Waals surface area (Å²) in [6, 6.07) is 6.21. The van der Waals surface area contributed by atoms with Crippen LogP contribution >= 0.6 is 11.3 Å². The average molecular weight is 304 g/mol. The third-order valence-electron chi connectivity index (χ3n) is 3.32. The van der Waals surface area contributed by atoms with Gasteiger partial charge in [0, 0.05) is 16.8 Å². The standard InChI is InChI=1S/C17H24N2OS/c1-11-6-7-13(12(2)8-11)20-10-15-19-16(17(3,4)5)14(9-18)21-15/h6-8H,9-10,18H2,1-5H3. The third kappa shape index (κ3) is 3.83. The summed E-state index contributed by atoms with van der Waals surface area (Å²) in [6.07, 6.45) is 0. The maximum absolute atomic E-state index is 5.91. The van der Waals surface area contributed by atoms with Gasteiger partial charge in [-0.2, -0.15) is 0 Å². The van der Waals surface area contributed by atoms with E-state index < -0.39 is 0 Å². The van der Waals surface area contributed by atoms with E-state index in [0.29, 0.717) is 13.2 Å². The Morgan fingerprint density at radius 2 is 1.95 bits per heavy atom. The summed E-state index contributed by atoms with van der Waals surface area (Å²) in [5, 5.41) is 0.986. The van der Waals surface area contributed by atoms with Crippen LogP contribution in [0.2, 0.25) is 0 Å². The molecule has 0 aliphatic heterocycles. The fourth-order valence-corrected chi connectivity index (χ4v) is 3.36. The maximum atomic E-state index is 5.91. The number of nitrogens with two attached hydrogens (primary N) is 1. The molecule has 2 aromatic rings. The van der Waals surface area contributed by atoms with E-state index in [1.807, 2.05) is 6.07 Å². The van der Waals surface area contributed by atoms with Gasteiger partial charge in [0.25, 0.3) is 0 Å². The lowest BCUT2D eigenvalue weighted by molar-refractivity contribution is 0.302. The Bertz CT molecular complexity index is 626. The van der Waals surface area contributed by atoms with Crippen molar-refractivity contribution < 1.29 is 4.74 Å². The van der Waals surface area contributed by atoms with E-state index in [1.165, 1.54) is 5.56 Å². The van der Waals surface area contributed by atoms with E-state index in [-0.39, 0.29) is 5.41 Å². The first-order valence-electron chi connectivity index (χ1n) is 7.20. The van der Waals surface area contributed by atoms with E-state index in [4.69, 9.17) is 15.5 Å². The van der Waals surface area contributed by atoms with Gasteiger partial charge in [-0.25, -0.2) is 4.98 Å². The number of hydrogen-bond donors (Lipinski definition) is 1. The van der Waals surface area contributed by atoms with Crippen LogP contribution in [0.5, 0.6) is 5.75 Å². The Balaban J connectivity index is 2.15. The lowest BCUT2D eigenvalue weighted by Crippen LogP contribution is -2.15. The highest BCUT2D eigenvalue weighted by Crippen LogP contribution is 2.30. The van der Waals surface area contributed by atoms with Gasteiger partial charge >= 0.3 is 0 Å². The summed E-state index contributed by atoms with van der Waals surface area (Å²) in [4.78, 5) is 5.88. The summed E-state index contributed by atoms with van der Waals surface area (Å²) < 4.78 is 5.91. The molecule has 0 saturated carbocycles. The van der Waals surface area contributed by atoms with Crippen molar-refractivity contribution in [1.29, 1.82) is 0 Å². The maximum Gasteiger partial charge on any atom is 0.140 e. The van der Waals surface area contributed by atoms with Crippen LogP contribution < -0.4 is 10.5 Å². The van der Waals surface area contributed by atoms with Crippen LogP contribution in [0.3, 0.4) is 0 Å². The second-order valence-corrected chi connectivity index (χ2v) is 7.56. The SMILES string of the molecule is Cc1ccc(OCc2nc(C(C)(C)C)c(CN)s2)c(C)c1. The lowest BCUT2D eigenvalue weighted by atomic mass is 9.91. The van der Waals surface area contributed by atoms with Crippen LogP contribution in [0.25, 0.3) is 0 Å². The highest BCUT2D eigenvalue weighted by molar-refractivity contribution is 7.11. The number of aryl methyl sites for hydroxylation is 2. The van der Waals surface area contributed by atoms with Crippen LogP contribution in [-0.2, 0) is 18.6 Å². The molecular weight excluding hydrogens is 280 g/mol. The van der Waals surface area contributed by atoms with Crippen molar-refractivity contribution in [2.24, 2.45) is 5.73 Å². The molecule has 4 heteroatoms. The number of benzene rings is 1. The number of aromatic nitrogens is 1. The molecule has 21 heavy (non-hydrogen) atoms. The highest BCUT2D eigenvalue weighted by Gasteiger charge is 2.22. The molecule has 0 aliphatic rings. The molecule has 0 amide bonds. The molecule has 0 unspecified atom stereocenters. The zero-order valence-electron chi connectivity index (χ0n) is 13.5. The van der Waals surface area contributed by atoms with Gasteiger partial charge in [-0.1, -0.05) is 38.5 Å². The van der Waals surface area contributed by atoms with Gasteiger partial charge in [0.1, 0.15) is 17.4 Å². The van der Waals surface area contributed by atoms with E-state index >= 15 is 0 Å². The molecule has 0 saturated heterocycles. The normalized spacial score (nSPS) is 11.7. The van der Waals surface area contributed by atoms with Crippen LogP contribution in [0.1, 0.15) is 47.5 Å². The van der Waals surface area contributed by atoms with Gasteiger partial charge in [0.15, 0.2) is 0 Å². The van der Waals surface area contributed by atoms with Crippen molar-refractivity contribution in [3.05, 3.63) is 44.9 Å². The topological polar surface area (TPSA) is 48.1 Å². The van der Waals surface area contributed by atoms with Crippen LogP contribution in [0, 0.1) is 13.8 Å². The van der Waals surface area contributed by atoms with Crippen molar-refractivity contribution in [3.63, 3.8) is 0 Å². The van der Waals surface area contributed by atoms with Crippen molar-refractivity contribution >= 4 is 11.3 Å². The molecule has 1 heterocycles. The van der Waals surface area contributed by atoms with Gasteiger partial charge in [-0.05, 0) is 25.5 Å². The predicted octanol–water partition coefficient (Wildman–Crippen LogP) is 4.10. The molecule has 0 fully saturated rings. The van der Waals surface area contributed by atoms with Gasteiger partial charge in [0.05, 0.1) is 5.69 Å². The summed E-state index contributed by atoms with van der Waals surface area (Å²) in [5.74, 6) is 0.919. The molecule has 0 atom stereocenters. The second kappa shape index (κ2) is 6.16. The van der Waals surface area contributed by atoms with Gasteiger partial charge in [0.2, 0.25) is 0 Å². The summed E-state index contributed by atoms with van der Waals surface area (Å²) in [7, 11) is 0. The molecule has 0 bridgehead atoms. The zero-order valence-corrected chi connectivity index (χ0v) is 14.3. The Kier molecular flexibility index (Phi) is 4.69. The van der Waals surface area contributed by atoms with Gasteiger partial charge in [-0.15, -0.1) is 11.3 Å². The Labute approximate surface area is 131 Å². The first kappa shape index (κ1) is 16.0. The van der Waals surface area contributed by atoms with Crippen LogP contribution in [0.4, 0.5) is 0 Å². The van der Waals surface area contributed by atoms with Gasteiger partial charge in [-0.3, -0.25) is 0 Å². The lowest BCUT2D eigenvalue weighted by Gasteiger charge is -2.16. The second-order valence-electron chi connectivity index (χ2n) is 6.39. The summed E-state index contributed by atoms with van der Waals surface area (Å²) in [5.41, 5.74) is 9.35. The number of hydrogen-bond acceptors (Lipinski definition) is 4. The number of rotatable bonds is 4. The van der Waals surface area contributed by atoms with E-state index in [1.54, 1.807) is 11.3 Å². The molecule has 114 valence electrons. The van der Waals surface area contributed by atoms with E-state index in [0.717, 1.165) is 26.9 Å². The highest BCUT2D eigenvalue weighted by atomic mass is 32.1. The molecular formula is C17H24N2OS. The van der Waals surface area contributed by atoms with Crippen LogP contribution in [0.15, 0.2) is 18.2 Å². The summed E-state index contributed by atoms with van der Waals surface area (Å²) >= 11 is 1.65. The number of thiazole rings is 1. The molecule has 2 N–H and O–H groups in total. The molecule has 3 nitrogen and oxygen atoms in total. The van der Waals surface area contributed by atoms with Crippen molar-refractivity contribution in [1.82, 2.24) is 4.98 Å². The molecule has 0 radical (unpaired) electrons.